The number of amides is 1. The molecule has 7 heteroatoms. The van der Waals surface area contributed by atoms with Crippen molar-refractivity contribution in [2.45, 2.75) is 19.0 Å². The highest BCUT2D eigenvalue weighted by Gasteiger charge is 2.46. The lowest BCUT2D eigenvalue weighted by atomic mass is 9.94. The average molecular weight is 447 g/mol. The van der Waals surface area contributed by atoms with Crippen molar-refractivity contribution in [3.8, 4) is 5.75 Å². The second-order valence-corrected chi connectivity index (χ2v) is 8.16. The number of fused-ring (bicyclic) bond motifs is 1. The van der Waals surface area contributed by atoms with Crippen LogP contribution in [-0.4, -0.2) is 33.3 Å². The van der Waals surface area contributed by atoms with Crippen molar-refractivity contribution in [2.24, 2.45) is 0 Å². The van der Waals surface area contributed by atoms with E-state index in [4.69, 9.17) is 16.3 Å². The first-order chi connectivity index (χ1) is 15.5. The van der Waals surface area contributed by atoms with E-state index in [0.29, 0.717) is 28.5 Å². The van der Waals surface area contributed by atoms with Crippen LogP contribution in [0, 0.1) is 0 Å². The number of benzene rings is 2. The molecule has 6 nitrogen and oxygen atoms in total. The summed E-state index contributed by atoms with van der Waals surface area (Å²) in [6.45, 7) is 0.715. The van der Waals surface area contributed by atoms with Crippen molar-refractivity contribution in [3.63, 3.8) is 0 Å². The number of pyridine rings is 1. The maximum absolute atomic E-state index is 13.1. The number of carbonyl (C=O) groups excluding carboxylic acids is 2. The molecule has 1 atom stereocenters. The maximum atomic E-state index is 13.1. The van der Waals surface area contributed by atoms with Gasteiger partial charge in [-0.15, -0.1) is 0 Å². The van der Waals surface area contributed by atoms with Crippen molar-refractivity contribution >= 4 is 29.1 Å². The number of hydrogen-bond donors (Lipinski definition) is 1. The number of nitrogens with zero attached hydrogens (tertiary/aromatic N) is 2. The van der Waals surface area contributed by atoms with E-state index in [9.17, 15) is 14.7 Å². The number of aromatic nitrogens is 1. The predicted octanol–water partition coefficient (Wildman–Crippen LogP) is 4.29. The number of likely N-dealkylation sites (tertiary alicyclic amines) is 1. The number of Topliss-reactive ketones (excluding diaryl/α,β-unsaturated/α-hetero) is 1. The summed E-state index contributed by atoms with van der Waals surface area (Å²) in [5.74, 6) is -0.843. The molecule has 1 unspecified atom stereocenters. The third-order valence-electron chi connectivity index (χ3n) is 5.75. The summed E-state index contributed by atoms with van der Waals surface area (Å²) in [6, 6.07) is 16.8. The lowest BCUT2D eigenvalue weighted by molar-refractivity contribution is -0.140. The minimum absolute atomic E-state index is 0.0483. The highest BCUT2D eigenvalue weighted by atomic mass is 35.5. The van der Waals surface area contributed by atoms with E-state index in [1.807, 2.05) is 12.1 Å². The van der Waals surface area contributed by atoms with Gasteiger partial charge >= 0.3 is 0 Å². The van der Waals surface area contributed by atoms with Crippen LogP contribution in [0.1, 0.15) is 28.4 Å². The molecule has 32 heavy (non-hydrogen) atoms. The van der Waals surface area contributed by atoms with Gasteiger partial charge in [0.25, 0.3) is 11.7 Å². The number of ether oxygens (including phenoxy) is 1. The molecular weight excluding hydrogens is 428 g/mol. The van der Waals surface area contributed by atoms with E-state index in [0.717, 1.165) is 17.7 Å². The molecular formula is C25H19ClN2O4. The fourth-order valence-corrected chi connectivity index (χ4v) is 4.32. The van der Waals surface area contributed by atoms with E-state index in [-0.39, 0.29) is 17.9 Å². The van der Waals surface area contributed by atoms with Crippen LogP contribution in [0.3, 0.4) is 0 Å². The van der Waals surface area contributed by atoms with Crippen LogP contribution < -0.4 is 4.74 Å². The zero-order valence-corrected chi connectivity index (χ0v) is 17.7. The summed E-state index contributed by atoms with van der Waals surface area (Å²) in [5, 5.41) is 11.7. The molecule has 3 aromatic rings. The second kappa shape index (κ2) is 8.13. The van der Waals surface area contributed by atoms with Gasteiger partial charge in [0.2, 0.25) is 0 Å². The topological polar surface area (TPSA) is 79.7 Å². The minimum Gasteiger partial charge on any atom is -0.507 e. The van der Waals surface area contributed by atoms with Gasteiger partial charge in [-0.2, -0.15) is 0 Å². The van der Waals surface area contributed by atoms with Crippen LogP contribution in [0.5, 0.6) is 5.75 Å². The van der Waals surface area contributed by atoms with E-state index in [2.05, 4.69) is 4.98 Å². The summed E-state index contributed by atoms with van der Waals surface area (Å²) in [5.41, 5.74) is 2.80. The van der Waals surface area contributed by atoms with E-state index in [1.165, 1.54) is 4.90 Å². The summed E-state index contributed by atoms with van der Waals surface area (Å²) in [7, 11) is 0. The number of rotatable bonds is 4. The van der Waals surface area contributed by atoms with Crippen LogP contribution in [0.4, 0.5) is 0 Å². The molecule has 2 aliphatic heterocycles. The van der Waals surface area contributed by atoms with Crippen LogP contribution in [0.15, 0.2) is 72.4 Å². The van der Waals surface area contributed by atoms with Gasteiger partial charge in [0.1, 0.15) is 11.5 Å². The first-order valence-electron chi connectivity index (χ1n) is 10.2. The Morgan fingerprint density at radius 1 is 1.12 bits per heavy atom. The number of halogens is 1. The molecule has 0 radical (unpaired) electrons. The summed E-state index contributed by atoms with van der Waals surface area (Å²) < 4.78 is 5.54. The second-order valence-electron chi connectivity index (χ2n) is 7.72. The average Bonchev–Trinajstić information content (AvgIpc) is 3.38. The molecule has 160 valence electrons. The molecule has 1 N–H and O–H groups in total. The van der Waals surface area contributed by atoms with E-state index >= 15 is 0 Å². The molecule has 1 aromatic heterocycles. The molecule has 1 saturated heterocycles. The minimum atomic E-state index is -0.765. The highest BCUT2D eigenvalue weighted by Crippen LogP contribution is 2.41. The van der Waals surface area contributed by atoms with Crippen molar-refractivity contribution < 1.29 is 19.4 Å². The molecule has 1 fully saturated rings. The smallest absolute Gasteiger partial charge is 0.296 e. The Morgan fingerprint density at radius 2 is 1.94 bits per heavy atom. The SMILES string of the molecule is O=C1C(=O)N(Cc2ccccn2)C(c2ccc(Cl)cc2)/C1=C(/O)c1ccc2c(c1)CCO2. The van der Waals surface area contributed by atoms with Crippen LogP contribution >= 0.6 is 11.6 Å². The molecule has 0 bridgehead atoms. The molecule has 3 heterocycles. The van der Waals surface area contributed by atoms with Gasteiger partial charge in [0.05, 0.1) is 30.5 Å². The Balaban J connectivity index is 1.64. The Hall–Kier alpha value is -3.64. The Bertz CT molecular complexity index is 1240. The van der Waals surface area contributed by atoms with Crippen molar-refractivity contribution in [1.29, 1.82) is 0 Å². The molecule has 2 aromatic carbocycles. The zero-order valence-electron chi connectivity index (χ0n) is 17.0. The van der Waals surface area contributed by atoms with Crippen LogP contribution in [-0.2, 0) is 22.6 Å². The number of aliphatic hydroxyl groups is 1. The van der Waals surface area contributed by atoms with Crippen LogP contribution in [0.2, 0.25) is 5.02 Å². The zero-order chi connectivity index (χ0) is 22.2. The number of ketones is 1. The fraction of sp³-hybridized carbons (Fsp3) is 0.160. The maximum Gasteiger partial charge on any atom is 0.296 e. The standard InChI is InChI=1S/C25H19ClN2O4/c26-18-7-4-15(5-8-18)22-21(23(29)17-6-9-20-16(13-17)10-12-32-20)24(30)25(31)28(22)14-19-3-1-2-11-27-19/h1-9,11,13,22,29H,10,12,14H2/b23-21-. The van der Waals surface area contributed by atoms with Crippen molar-refractivity contribution in [2.75, 3.05) is 6.61 Å². The summed E-state index contributed by atoms with van der Waals surface area (Å²) in [4.78, 5) is 31.9. The quantitative estimate of drug-likeness (QED) is 0.367. The largest absolute Gasteiger partial charge is 0.507 e. The first kappa shape index (κ1) is 20.3. The number of hydrogen-bond acceptors (Lipinski definition) is 5. The monoisotopic (exact) mass is 446 g/mol. The first-order valence-corrected chi connectivity index (χ1v) is 10.6. The van der Waals surface area contributed by atoms with E-state index in [1.54, 1.807) is 54.7 Å². The van der Waals surface area contributed by atoms with Gasteiger partial charge in [0, 0.05) is 23.2 Å². The number of carbonyl (C=O) groups is 2. The van der Waals surface area contributed by atoms with Gasteiger partial charge in [-0.05, 0) is 53.6 Å². The molecule has 2 aliphatic rings. The molecule has 0 spiro atoms. The molecule has 5 rings (SSSR count). The molecule has 1 amide bonds. The lowest BCUT2D eigenvalue weighted by Gasteiger charge is -2.25. The molecule has 0 saturated carbocycles. The van der Waals surface area contributed by atoms with Gasteiger partial charge in [-0.25, -0.2) is 0 Å². The Labute approximate surface area is 189 Å². The summed E-state index contributed by atoms with van der Waals surface area (Å²) in [6.07, 6.45) is 2.36. The van der Waals surface area contributed by atoms with Gasteiger partial charge in [-0.3, -0.25) is 14.6 Å². The van der Waals surface area contributed by atoms with Gasteiger partial charge < -0.3 is 14.7 Å². The fourth-order valence-electron chi connectivity index (χ4n) is 4.19. The third kappa shape index (κ3) is 3.52. The predicted molar refractivity (Wildman–Crippen MR) is 119 cm³/mol. The number of aliphatic hydroxyl groups excluding tert-OH is 1. The van der Waals surface area contributed by atoms with E-state index < -0.39 is 17.7 Å². The normalized spacial score (nSPS) is 19.2. The molecule has 0 aliphatic carbocycles. The Kier molecular flexibility index (Phi) is 5.15. The summed E-state index contributed by atoms with van der Waals surface area (Å²) >= 11 is 6.06. The van der Waals surface area contributed by atoms with Crippen LogP contribution in [0.25, 0.3) is 5.76 Å². The van der Waals surface area contributed by atoms with Gasteiger partial charge in [0.15, 0.2) is 0 Å². The lowest BCUT2D eigenvalue weighted by Crippen LogP contribution is -2.29. The third-order valence-corrected chi connectivity index (χ3v) is 6.00. The van der Waals surface area contributed by atoms with Crippen molar-refractivity contribution in [1.82, 2.24) is 9.88 Å². The van der Waals surface area contributed by atoms with Gasteiger partial charge in [-0.1, -0.05) is 29.8 Å². The highest BCUT2D eigenvalue weighted by molar-refractivity contribution is 6.46. The van der Waals surface area contributed by atoms with Crippen molar-refractivity contribution in [3.05, 3.63) is 99.8 Å². The Morgan fingerprint density at radius 3 is 2.69 bits per heavy atom.